The summed E-state index contributed by atoms with van der Waals surface area (Å²) < 4.78 is 13.2. The molecular formula is C20H23FN2O2. The number of nitrogens with zero attached hydrogens (tertiary/aromatic N) is 1. The standard InChI is InChI=1S/C20H23FN2O2/c21-18-8-3-7-15(11-18)20(25)22-12-16-5-1-2-6-17(16)13-23-10-4-9-19(23)14-24/h1-3,5-8,11,19,24H,4,9-10,12-14H2,(H,22,25). The Morgan fingerprint density at radius 1 is 1.20 bits per heavy atom. The fraction of sp³-hybridized carbons (Fsp3) is 0.350. The third kappa shape index (κ3) is 4.44. The number of rotatable bonds is 6. The van der Waals surface area contributed by atoms with E-state index in [1.165, 1.54) is 18.2 Å². The molecule has 1 atom stereocenters. The van der Waals surface area contributed by atoms with Crippen LogP contribution in [-0.4, -0.2) is 35.1 Å². The Morgan fingerprint density at radius 3 is 2.76 bits per heavy atom. The van der Waals surface area contributed by atoms with Gasteiger partial charge in [0, 0.05) is 24.7 Å². The van der Waals surface area contributed by atoms with Crippen LogP contribution in [0.25, 0.3) is 0 Å². The summed E-state index contributed by atoms with van der Waals surface area (Å²) in [5, 5.41) is 12.3. The molecule has 2 N–H and O–H groups in total. The first kappa shape index (κ1) is 17.6. The quantitative estimate of drug-likeness (QED) is 0.849. The van der Waals surface area contributed by atoms with E-state index in [0.29, 0.717) is 12.1 Å². The number of aliphatic hydroxyl groups is 1. The maximum absolute atomic E-state index is 13.2. The number of carbonyl (C=O) groups excluding carboxylic acids is 1. The fourth-order valence-electron chi connectivity index (χ4n) is 3.32. The number of hydrogen-bond acceptors (Lipinski definition) is 3. The van der Waals surface area contributed by atoms with Crippen molar-refractivity contribution in [3.05, 3.63) is 71.0 Å². The SMILES string of the molecule is O=C(NCc1ccccc1CN1CCCC1CO)c1cccc(F)c1. The Bertz CT molecular complexity index is 735. The van der Waals surface area contributed by atoms with Gasteiger partial charge in [-0.2, -0.15) is 0 Å². The third-order valence-corrected chi connectivity index (χ3v) is 4.73. The number of amides is 1. The van der Waals surface area contributed by atoms with E-state index in [1.54, 1.807) is 6.07 Å². The largest absolute Gasteiger partial charge is 0.395 e. The van der Waals surface area contributed by atoms with Gasteiger partial charge in [0.25, 0.3) is 5.91 Å². The van der Waals surface area contributed by atoms with Gasteiger partial charge in [-0.3, -0.25) is 9.69 Å². The summed E-state index contributed by atoms with van der Waals surface area (Å²) in [4.78, 5) is 14.5. The molecule has 0 aliphatic carbocycles. The summed E-state index contributed by atoms with van der Waals surface area (Å²) >= 11 is 0. The average molecular weight is 342 g/mol. The highest BCUT2D eigenvalue weighted by Gasteiger charge is 2.24. The molecule has 4 nitrogen and oxygen atoms in total. The molecule has 1 fully saturated rings. The number of benzene rings is 2. The zero-order chi connectivity index (χ0) is 17.6. The van der Waals surface area contributed by atoms with Crippen molar-refractivity contribution >= 4 is 5.91 Å². The summed E-state index contributed by atoms with van der Waals surface area (Å²) in [6, 6.07) is 13.9. The minimum absolute atomic E-state index is 0.179. The Labute approximate surface area is 147 Å². The third-order valence-electron chi connectivity index (χ3n) is 4.73. The predicted molar refractivity (Wildman–Crippen MR) is 94.5 cm³/mol. The molecule has 0 aromatic heterocycles. The molecule has 0 spiro atoms. The zero-order valence-corrected chi connectivity index (χ0v) is 14.1. The van der Waals surface area contributed by atoms with Crippen LogP contribution in [0.3, 0.4) is 0 Å². The molecule has 1 aliphatic rings. The number of aliphatic hydroxyl groups excluding tert-OH is 1. The van der Waals surface area contributed by atoms with Crippen molar-refractivity contribution in [3.8, 4) is 0 Å². The van der Waals surface area contributed by atoms with Crippen LogP contribution in [0.1, 0.15) is 34.3 Å². The molecule has 2 aromatic rings. The van der Waals surface area contributed by atoms with Crippen LogP contribution in [0.5, 0.6) is 0 Å². The van der Waals surface area contributed by atoms with Gasteiger partial charge in [0.05, 0.1) is 6.61 Å². The van der Waals surface area contributed by atoms with Gasteiger partial charge in [0.2, 0.25) is 0 Å². The minimum Gasteiger partial charge on any atom is -0.395 e. The lowest BCUT2D eigenvalue weighted by Crippen LogP contribution is -2.32. The molecule has 1 heterocycles. The predicted octanol–water partition coefficient (Wildman–Crippen LogP) is 2.71. The molecular weight excluding hydrogens is 319 g/mol. The van der Waals surface area contributed by atoms with E-state index in [0.717, 1.165) is 37.1 Å². The van der Waals surface area contributed by atoms with Crippen molar-refractivity contribution in [3.63, 3.8) is 0 Å². The van der Waals surface area contributed by atoms with Crippen molar-refractivity contribution in [2.45, 2.75) is 32.0 Å². The Hall–Kier alpha value is -2.24. The topological polar surface area (TPSA) is 52.6 Å². The highest BCUT2D eigenvalue weighted by Crippen LogP contribution is 2.21. The van der Waals surface area contributed by atoms with Crippen molar-refractivity contribution in [2.75, 3.05) is 13.2 Å². The van der Waals surface area contributed by atoms with Crippen molar-refractivity contribution in [1.82, 2.24) is 10.2 Å². The Morgan fingerprint density at radius 2 is 2.00 bits per heavy atom. The van der Waals surface area contributed by atoms with Gasteiger partial charge in [-0.05, 0) is 48.7 Å². The summed E-state index contributed by atoms with van der Waals surface area (Å²) in [5.74, 6) is -0.708. The lowest BCUT2D eigenvalue weighted by Gasteiger charge is -2.24. The normalized spacial score (nSPS) is 17.6. The second-order valence-corrected chi connectivity index (χ2v) is 6.41. The molecule has 132 valence electrons. The van der Waals surface area contributed by atoms with Crippen LogP contribution in [0, 0.1) is 5.82 Å². The number of nitrogens with one attached hydrogen (secondary N) is 1. The molecule has 3 rings (SSSR count). The first-order valence-electron chi connectivity index (χ1n) is 8.63. The van der Waals surface area contributed by atoms with Crippen molar-refractivity contribution < 1.29 is 14.3 Å². The summed E-state index contributed by atoms with van der Waals surface area (Å²) in [6.45, 7) is 2.31. The summed E-state index contributed by atoms with van der Waals surface area (Å²) in [6.07, 6.45) is 2.12. The van der Waals surface area contributed by atoms with E-state index in [2.05, 4.69) is 16.3 Å². The molecule has 0 bridgehead atoms. The van der Waals surface area contributed by atoms with E-state index in [-0.39, 0.29) is 18.6 Å². The molecule has 0 saturated carbocycles. The van der Waals surface area contributed by atoms with Crippen molar-refractivity contribution in [1.29, 1.82) is 0 Å². The van der Waals surface area contributed by atoms with Gasteiger partial charge in [-0.15, -0.1) is 0 Å². The molecule has 1 aliphatic heterocycles. The number of carbonyl (C=O) groups is 1. The minimum atomic E-state index is -0.419. The van der Waals surface area contributed by atoms with Crippen molar-refractivity contribution in [2.24, 2.45) is 0 Å². The maximum Gasteiger partial charge on any atom is 0.251 e. The van der Waals surface area contributed by atoms with Crippen LogP contribution in [0.2, 0.25) is 0 Å². The highest BCUT2D eigenvalue weighted by molar-refractivity contribution is 5.94. The second kappa shape index (κ2) is 8.23. The van der Waals surface area contributed by atoms with Gasteiger partial charge >= 0.3 is 0 Å². The summed E-state index contributed by atoms with van der Waals surface area (Å²) in [7, 11) is 0. The number of hydrogen-bond donors (Lipinski definition) is 2. The van der Waals surface area contributed by atoms with E-state index < -0.39 is 5.82 Å². The molecule has 1 amide bonds. The smallest absolute Gasteiger partial charge is 0.251 e. The zero-order valence-electron chi connectivity index (χ0n) is 14.1. The van der Waals surface area contributed by atoms with Gasteiger partial charge in [-0.1, -0.05) is 30.3 Å². The van der Waals surface area contributed by atoms with E-state index in [4.69, 9.17) is 0 Å². The van der Waals surface area contributed by atoms with E-state index in [9.17, 15) is 14.3 Å². The molecule has 25 heavy (non-hydrogen) atoms. The fourth-order valence-corrected chi connectivity index (χ4v) is 3.32. The van der Waals surface area contributed by atoms with Crippen LogP contribution < -0.4 is 5.32 Å². The summed E-state index contributed by atoms with van der Waals surface area (Å²) in [5.41, 5.74) is 2.50. The van der Waals surface area contributed by atoms with Gasteiger partial charge < -0.3 is 10.4 Å². The van der Waals surface area contributed by atoms with Gasteiger partial charge in [0.15, 0.2) is 0 Å². The number of halogens is 1. The number of likely N-dealkylation sites (tertiary alicyclic amines) is 1. The monoisotopic (exact) mass is 342 g/mol. The van der Waals surface area contributed by atoms with Crippen LogP contribution in [0.4, 0.5) is 4.39 Å². The second-order valence-electron chi connectivity index (χ2n) is 6.41. The molecule has 1 unspecified atom stereocenters. The Balaban J connectivity index is 1.66. The molecule has 5 heteroatoms. The van der Waals surface area contributed by atoms with Crippen LogP contribution in [0.15, 0.2) is 48.5 Å². The van der Waals surface area contributed by atoms with E-state index >= 15 is 0 Å². The van der Waals surface area contributed by atoms with Gasteiger partial charge in [-0.25, -0.2) is 4.39 Å². The van der Waals surface area contributed by atoms with Crippen LogP contribution in [-0.2, 0) is 13.1 Å². The average Bonchev–Trinajstić information content (AvgIpc) is 3.08. The van der Waals surface area contributed by atoms with Gasteiger partial charge in [0.1, 0.15) is 5.82 Å². The van der Waals surface area contributed by atoms with E-state index in [1.807, 2.05) is 18.2 Å². The molecule has 2 aromatic carbocycles. The molecule has 0 radical (unpaired) electrons. The first-order chi connectivity index (χ1) is 12.2. The van der Waals surface area contributed by atoms with Crippen LogP contribution >= 0.6 is 0 Å². The first-order valence-corrected chi connectivity index (χ1v) is 8.63. The Kier molecular flexibility index (Phi) is 5.79. The maximum atomic E-state index is 13.2. The molecule has 1 saturated heterocycles. The highest BCUT2D eigenvalue weighted by atomic mass is 19.1. The lowest BCUT2D eigenvalue weighted by molar-refractivity contribution is 0.0950. The lowest BCUT2D eigenvalue weighted by atomic mass is 10.1.